The molecule has 156 valence electrons. The molecule has 31 heavy (non-hydrogen) atoms. The predicted octanol–water partition coefficient (Wildman–Crippen LogP) is 4.38. The lowest BCUT2D eigenvalue weighted by Crippen LogP contribution is -2.22. The molecule has 1 aromatic carbocycles. The number of anilines is 2. The lowest BCUT2D eigenvalue weighted by atomic mass is 10.1. The van der Waals surface area contributed by atoms with E-state index in [1.807, 2.05) is 35.0 Å². The number of thiazole rings is 1. The van der Waals surface area contributed by atoms with Crippen LogP contribution in [0.5, 0.6) is 0 Å². The van der Waals surface area contributed by atoms with Crippen LogP contribution in [0, 0.1) is 0 Å². The summed E-state index contributed by atoms with van der Waals surface area (Å²) in [4.78, 5) is 20.0. The molecule has 7 nitrogen and oxygen atoms in total. The molecule has 5 rings (SSSR count). The zero-order valence-corrected chi connectivity index (χ0v) is 17.7. The van der Waals surface area contributed by atoms with E-state index in [4.69, 9.17) is 4.98 Å². The van der Waals surface area contributed by atoms with Crippen LogP contribution in [0.3, 0.4) is 0 Å². The maximum absolute atomic E-state index is 12.9. The number of amides is 1. The summed E-state index contributed by atoms with van der Waals surface area (Å²) in [5, 5.41) is 13.4. The summed E-state index contributed by atoms with van der Waals surface area (Å²) in [7, 11) is 0. The number of carbonyl (C=O) groups is 1. The molecule has 1 aliphatic heterocycles. The Balaban J connectivity index is 1.29. The highest BCUT2D eigenvalue weighted by Gasteiger charge is 2.28. The Morgan fingerprint density at radius 3 is 2.87 bits per heavy atom. The Morgan fingerprint density at radius 1 is 1.13 bits per heavy atom. The molecule has 4 aromatic rings. The van der Waals surface area contributed by atoms with Crippen LogP contribution in [-0.2, 0) is 6.54 Å². The third-order valence-electron chi connectivity index (χ3n) is 5.49. The van der Waals surface area contributed by atoms with Gasteiger partial charge in [0.05, 0.1) is 17.9 Å². The van der Waals surface area contributed by atoms with E-state index in [1.54, 1.807) is 12.4 Å². The van der Waals surface area contributed by atoms with Gasteiger partial charge in [-0.05, 0) is 48.7 Å². The van der Waals surface area contributed by atoms with Crippen LogP contribution in [0.15, 0.2) is 72.5 Å². The van der Waals surface area contributed by atoms with Gasteiger partial charge in [0.25, 0.3) is 5.91 Å². The summed E-state index contributed by atoms with van der Waals surface area (Å²) in [6.07, 6.45) is 7.44. The maximum Gasteiger partial charge on any atom is 0.274 e. The molecule has 0 bridgehead atoms. The van der Waals surface area contributed by atoms with Crippen molar-refractivity contribution in [2.24, 2.45) is 0 Å². The van der Waals surface area contributed by atoms with Gasteiger partial charge in [-0.2, -0.15) is 10.2 Å². The number of hydrogen-bond donors (Lipinski definition) is 1. The second-order valence-corrected chi connectivity index (χ2v) is 8.35. The van der Waals surface area contributed by atoms with Crippen molar-refractivity contribution in [3.05, 3.63) is 89.5 Å². The second kappa shape index (κ2) is 8.69. The van der Waals surface area contributed by atoms with E-state index in [2.05, 4.69) is 50.1 Å². The molecule has 0 aliphatic carbocycles. The molecule has 1 amide bonds. The first-order valence-electron chi connectivity index (χ1n) is 10.3. The largest absolute Gasteiger partial charge is 0.363 e. The number of nitrogens with one attached hydrogen (secondary N) is 1. The monoisotopic (exact) mass is 430 g/mol. The number of nitrogens with zero attached hydrogens (tertiary/aromatic N) is 5. The van der Waals surface area contributed by atoms with Crippen LogP contribution in [-0.4, -0.2) is 32.2 Å². The van der Waals surface area contributed by atoms with E-state index < -0.39 is 0 Å². The highest BCUT2D eigenvalue weighted by atomic mass is 32.1. The zero-order chi connectivity index (χ0) is 21.0. The number of benzene rings is 1. The minimum atomic E-state index is -0.167. The molecule has 0 saturated carbocycles. The van der Waals surface area contributed by atoms with Crippen molar-refractivity contribution < 1.29 is 4.79 Å². The van der Waals surface area contributed by atoms with Crippen molar-refractivity contribution in [2.75, 3.05) is 16.8 Å². The van der Waals surface area contributed by atoms with Gasteiger partial charge < -0.3 is 9.47 Å². The van der Waals surface area contributed by atoms with Crippen molar-refractivity contribution >= 4 is 28.1 Å². The third kappa shape index (κ3) is 4.20. The third-order valence-corrected chi connectivity index (χ3v) is 6.26. The van der Waals surface area contributed by atoms with Crippen molar-refractivity contribution in [1.29, 1.82) is 0 Å². The van der Waals surface area contributed by atoms with Gasteiger partial charge in [0.1, 0.15) is 5.69 Å². The summed E-state index contributed by atoms with van der Waals surface area (Å²) in [6, 6.07) is 16.3. The van der Waals surface area contributed by atoms with Gasteiger partial charge in [-0.15, -0.1) is 11.3 Å². The Morgan fingerprint density at radius 2 is 2.03 bits per heavy atom. The minimum Gasteiger partial charge on any atom is -0.363 e. The fourth-order valence-electron chi connectivity index (χ4n) is 4.03. The van der Waals surface area contributed by atoms with Crippen molar-refractivity contribution in [2.45, 2.75) is 25.4 Å². The molecule has 3 aromatic heterocycles. The Kier molecular flexibility index (Phi) is 5.45. The number of rotatable bonds is 6. The molecule has 1 fully saturated rings. The molecule has 0 unspecified atom stereocenters. The quantitative estimate of drug-likeness (QED) is 0.491. The first-order chi connectivity index (χ1) is 15.3. The molecule has 1 saturated heterocycles. The lowest BCUT2D eigenvalue weighted by molar-refractivity contribution is 0.101. The Labute approximate surface area is 184 Å². The van der Waals surface area contributed by atoms with Gasteiger partial charge >= 0.3 is 0 Å². The SMILES string of the molecule is O=C(Nc1nc([C@H]2CCCN2c2ccccc2)cs1)c1cccn1Cc1ccnnc1. The fourth-order valence-corrected chi connectivity index (χ4v) is 4.78. The van der Waals surface area contributed by atoms with E-state index in [9.17, 15) is 4.79 Å². The smallest absolute Gasteiger partial charge is 0.274 e. The normalized spacial score (nSPS) is 15.9. The maximum atomic E-state index is 12.9. The highest BCUT2D eigenvalue weighted by Crippen LogP contribution is 2.37. The molecular formula is C23H22N6OS. The lowest BCUT2D eigenvalue weighted by Gasteiger charge is -2.25. The summed E-state index contributed by atoms with van der Waals surface area (Å²) < 4.78 is 1.90. The van der Waals surface area contributed by atoms with E-state index >= 15 is 0 Å². The molecule has 4 heterocycles. The molecule has 8 heteroatoms. The average molecular weight is 431 g/mol. The van der Waals surface area contributed by atoms with Crippen LogP contribution in [0.4, 0.5) is 10.8 Å². The van der Waals surface area contributed by atoms with Crippen molar-refractivity contribution in [3.8, 4) is 0 Å². The molecule has 0 radical (unpaired) electrons. The standard InChI is InChI=1S/C23H22N6OS/c30-22(21-9-4-12-28(21)15-17-10-11-24-25-14-17)27-23-26-19(16-31-23)20-8-5-13-29(20)18-6-2-1-3-7-18/h1-4,6-7,9-12,14,16,20H,5,8,13,15H2,(H,26,27,30)/t20-/m1/s1. The average Bonchev–Trinajstić information content (AvgIpc) is 3.56. The van der Waals surface area contributed by atoms with E-state index in [0.717, 1.165) is 30.6 Å². The van der Waals surface area contributed by atoms with Crippen LogP contribution in [0.2, 0.25) is 0 Å². The van der Waals surface area contributed by atoms with Gasteiger partial charge in [0.2, 0.25) is 0 Å². The number of aromatic nitrogens is 4. The van der Waals surface area contributed by atoms with E-state index in [1.165, 1.54) is 17.0 Å². The predicted molar refractivity (Wildman–Crippen MR) is 121 cm³/mol. The first kappa shape index (κ1) is 19.4. The summed E-state index contributed by atoms with van der Waals surface area (Å²) in [6.45, 7) is 1.58. The first-order valence-corrected chi connectivity index (χ1v) is 11.1. The van der Waals surface area contributed by atoms with Gasteiger partial charge in [-0.25, -0.2) is 4.98 Å². The molecule has 1 atom stereocenters. The Hall–Kier alpha value is -3.52. The van der Waals surface area contributed by atoms with Gasteiger partial charge in [-0.1, -0.05) is 18.2 Å². The van der Waals surface area contributed by atoms with Crippen molar-refractivity contribution in [1.82, 2.24) is 19.7 Å². The molecular weight excluding hydrogens is 408 g/mol. The minimum absolute atomic E-state index is 0.167. The molecule has 0 spiro atoms. The number of para-hydroxylation sites is 1. The zero-order valence-electron chi connectivity index (χ0n) is 16.9. The molecule has 1 aliphatic rings. The van der Waals surface area contributed by atoms with Gasteiger partial charge in [-0.3, -0.25) is 10.1 Å². The van der Waals surface area contributed by atoms with E-state index in [0.29, 0.717) is 17.4 Å². The van der Waals surface area contributed by atoms with Crippen LogP contribution >= 0.6 is 11.3 Å². The molecule has 1 N–H and O–H groups in total. The van der Waals surface area contributed by atoms with Gasteiger partial charge in [0, 0.05) is 36.6 Å². The summed E-state index contributed by atoms with van der Waals surface area (Å²) in [5.41, 5.74) is 3.80. The summed E-state index contributed by atoms with van der Waals surface area (Å²) in [5.74, 6) is -0.167. The Bertz CT molecular complexity index is 1160. The van der Waals surface area contributed by atoms with Crippen LogP contribution in [0.25, 0.3) is 0 Å². The topological polar surface area (TPSA) is 75.9 Å². The number of hydrogen-bond acceptors (Lipinski definition) is 6. The van der Waals surface area contributed by atoms with Crippen LogP contribution in [0.1, 0.15) is 40.6 Å². The highest BCUT2D eigenvalue weighted by molar-refractivity contribution is 7.14. The number of carbonyl (C=O) groups excluding carboxylic acids is 1. The second-order valence-electron chi connectivity index (χ2n) is 7.49. The van der Waals surface area contributed by atoms with Gasteiger partial charge in [0.15, 0.2) is 5.13 Å². The van der Waals surface area contributed by atoms with E-state index in [-0.39, 0.29) is 11.9 Å². The van der Waals surface area contributed by atoms with Crippen molar-refractivity contribution in [3.63, 3.8) is 0 Å². The van der Waals surface area contributed by atoms with Crippen LogP contribution < -0.4 is 10.2 Å². The fraction of sp³-hybridized carbons (Fsp3) is 0.217. The summed E-state index contributed by atoms with van der Waals surface area (Å²) >= 11 is 1.47.